The Bertz CT molecular complexity index is 369. The van der Waals surface area contributed by atoms with Crippen molar-refractivity contribution in [3.8, 4) is 0 Å². The van der Waals surface area contributed by atoms with Gasteiger partial charge >= 0.3 is 0 Å². The van der Waals surface area contributed by atoms with Gasteiger partial charge in [0.1, 0.15) is 5.82 Å². The third-order valence-corrected chi connectivity index (χ3v) is 4.36. The molecule has 1 aromatic rings. The monoisotopic (exact) mass is 258 g/mol. The molecule has 1 saturated heterocycles. The van der Waals surface area contributed by atoms with Crippen molar-refractivity contribution in [2.24, 2.45) is 0 Å². The first kappa shape index (κ1) is 12.0. The number of anilines is 1. The van der Waals surface area contributed by atoms with Gasteiger partial charge in [-0.1, -0.05) is 11.6 Å². The molecule has 1 fully saturated rings. The van der Waals surface area contributed by atoms with Crippen LogP contribution in [0.2, 0.25) is 5.02 Å². The van der Waals surface area contributed by atoms with Crippen LogP contribution < -0.4 is 4.90 Å². The van der Waals surface area contributed by atoms with Gasteiger partial charge in [-0.3, -0.25) is 0 Å². The molecule has 0 aliphatic carbocycles. The smallest absolute Gasteiger partial charge is 0.129 e. The zero-order valence-electron chi connectivity index (χ0n) is 9.19. The molecule has 0 aromatic carbocycles. The molecule has 88 valence electrons. The lowest BCUT2D eigenvalue weighted by molar-refractivity contribution is 0.277. The number of rotatable bonds is 3. The van der Waals surface area contributed by atoms with Crippen molar-refractivity contribution in [2.75, 3.05) is 23.5 Å². The maximum atomic E-state index is 9.12. The summed E-state index contributed by atoms with van der Waals surface area (Å²) in [6.45, 7) is -0.111. The summed E-state index contributed by atoms with van der Waals surface area (Å²) in [4.78, 5) is 6.55. The number of aliphatic hydroxyl groups excluding tert-OH is 1. The van der Waals surface area contributed by atoms with Gasteiger partial charge in [0, 0.05) is 18.8 Å². The molecule has 1 N–H and O–H groups in total. The van der Waals surface area contributed by atoms with Crippen LogP contribution in [0.25, 0.3) is 0 Å². The van der Waals surface area contributed by atoms with Gasteiger partial charge in [-0.2, -0.15) is 11.8 Å². The highest BCUT2D eigenvalue weighted by Crippen LogP contribution is 2.26. The van der Waals surface area contributed by atoms with E-state index in [1.54, 1.807) is 6.07 Å². The summed E-state index contributed by atoms with van der Waals surface area (Å²) < 4.78 is 0. The number of pyridine rings is 1. The predicted molar refractivity (Wildman–Crippen MR) is 69.3 cm³/mol. The van der Waals surface area contributed by atoms with Crippen molar-refractivity contribution in [1.82, 2.24) is 4.98 Å². The fraction of sp³-hybridized carbons (Fsp3) is 0.545. The molecule has 0 amide bonds. The summed E-state index contributed by atoms with van der Waals surface area (Å²) in [5, 5.41) is 9.65. The first-order chi connectivity index (χ1) is 7.72. The Balaban J connectivity index is 2.19. The van der Waals surface area contributed by atoms with Crippen LogP contribution in [0.4, 0.5) is 5.82 Å². The van der Waals surface area contributed by atoms with Crippen LogP contribution in [0.1, 0.15) is 12.1 Å². The molecule has 1 aliphatic heterocycles. The second-order valence-corrected chi connectivity index (χ2v) is 5.44. The normalized spacial score (nSPS) is 20.1. The van der Waals surface area contributed by atoms with Crippen molar-refractivity contribution in [2.45, 2.75) is 19.1 Å². The topological polar surface area (TPSA) is 36.4 Å². The quantitative estimate of drug-likeness (QED) is 0.902. The molecule has 0 spiro atoms. The minimum absolute atomic E-state index is 0.111. The molecule has 1 atom stereocenters. The van der Waals surface area contributed by atoms with E-state index in [1.807, 2.05) is 24.9 Å². The van der Waals surface area contributed by atoms with Crippen LogP contribution in [0.3, 0.4) is 0 Å². The van der Waals surface area contributed by atoms with Gasteiger partial charge in [-0.15, -0.1) is 0 Å². The average Bonchev–Trinajstić information content (AvgIpc) is 2.82. The van der Waals surface area contributed by atoms with Gasteiger partial charge in [0.2, 0.25) is 0 Å². The van der Waals surface area contributed by atoms with Crippen LogP contribution in [0, 0.1) is 0 Å². The Kier molecular flexibility index (Phi) is 3.95. The SMILES string of the molecule is CN(c1ccc(Cl)c(CO)n1)C1CCSC1. The Hall–Kier alpha value is -0.450. The van der Waals surface area contributed by atoms with E-state index in [9.17, 15) is 0 Å². The van der Waals surface area contributed by atoms with Gasteiger partial charge in [0.25, 0.3) is 0 Å². The van der Waals surface area contributed by atoms with Crippen molar-refractivity contribution in [3.63, 3.8) is 0 Å². The van der Waals surface area contributed by atoms with E-state index in [4.69, 9.17) is 16.7 Å². The molecule has 0 radical (unpaired) electrons. The zero-order chi connectivity index (χ0) is 11.5. The van der Waals surface area contributed by atoms with Crippen molar-refractivity contribution < 1.29 is 5.11 Å². The zero-order valence-corrected chi connectivity index (χ0v) is 10.8. The Morgan fingerprint density at radius 2 is 2.44 bits per heavy atom. The van der Waals surface area contributed by atoms with Crippen molar-refractivity contribution in [1.29, 1.82) is 0 Å². The number of aliphatic hydroxyl groups is 1. The van der Waals surface area contributed by atoms with Crippen LogP contribution in [0.5, 0.6) is 0 Å². The predicted octanol–water partition coefficient (Wildman–Crippen LogP) is 2.17. The summed E-state index contributed by atoms with van der Waals surface area (Å²) in [6.07, 6.45) is 1.19. The Morgan fingerprint density at radius 1 is 1.62 bits per heavy atom. The van der Waals surface area contributed by atoms with E-state index in [0.29, 0.717) is 16.8 Å². The van der Waals surface area contributed by atoms with E-state index in [2.05, 4.69) is 9.88 Å². The summed E-state index contributed by atoms with van der Waals surface area (Å²) in [7, 11) is 2.05. The van der Waals surface area contributed by atoms with Gasteiger partial charge in [0.05, 0.1) is 17.3 Å². The molecular formula is C11H15ClN2OS. The summed E-state index contributed by atoms with van der Waals surface area (Å²) in [5.41, 5.74) is 0.552. The molecule has 2 rings (SSSR count). The minimum Gasteiger partial charge on any atom is -0.390 e. The molecule has 1 aromatic heterocycles. The molecular weight excluding hydrogens is 244 g/mol. The minimum atomic E-state index is -0.111. The number of halogens is 1. The van der Waals surface area contributed by atoms with E-state index < -0.39 is 0 Å². The number of aromatic nitrogens is 1. The molecule has 1 unspecified atom stereocenters. The van der Waals surface area contributed by atoms with Crippen LogP contribution in [-0.4, -0.2) is 34.7 Å². The molecule has 3 nitrogen and oxygen atoms in total. The lowest BCUT2D eigenvalue weighted by Crippen LogP contribution is -2.32. The lowest BCUT2D eigenvalue weighted by Gasteiger charge is -2.25. The third-order valence-electron chi connectivity index (χ3n) is 2.87. The second-order valence-electron chi connectivity index (χ2n) is 3.88. The van der Waals surface area contributed by atoms with Crippen LogP contribution >= 0.6 is 23.4 Å². The van der Waals surface area contributed by atoms with Crippen LogP contribution in [-0.2, 0) is 6.61 Å². The third kappa shape index (κ3) is 2.44. The van der Waals surface area contributed by atoms with E-state index in [0.717, 1.165) is 11.6 Å². The van der Waals surface area contributed by atoms with Gasteiger partial charge < -0.3 is 10.0 Å². The highest BCUT2D eigenvalue weighted by molar-refractivity contribution is 7.99. The number of thioether (sulfide) groups is 1. The molecule has 2 heterocycles. The van der Waals surface area contributed by atoms with E-state index >= 15 is 0 Å². The van der Waals surface area contributed by atoms with Crippen LogP contribution in [0.15, 0.2) is 12.1 Å². The highest BCUT2D eigenvalue weighted by Gasteiger charge is 2.21. The molecule has 0 bridgehead atoms. The van der Waals surface area contributed by atoms with Gasteiger partial charge in [0.15, 0.2) is 0 Å². The lowest BCUT2D eigenvalue weighted by atomic mass is 10.2. The van der Waals surface area contributed by atoms with Crippen molar-refractivity contribution in [3.05, 3.63) is 22.8 Å². The number of hydrogen-bond acceptors (Lipinski definition) is 4. The Labute approximate surface area is 105 Å². The average molecular weight is 259 g/mol. The van der Waals surface area contributed by atoms with E-state index in [-0.39, 0.29) is 6.61 Å². The van der Waals surface area contributed by atoms with Crippen molar-refractivity contribution >= 4 is 29.2 Å². The maximum Gasteiger partial charge on any atom is 0.129 e. The largest absolute Gasteiger partial charge is 0.390 e. The standard InChI is InChI=1S/C11H15ClN2OS/c1-14(8-4-5-16-7-8)11-3-2-9(12)10(6-15)13-11/h2-3,8,15H,4-7H2,1H3. The van der Waals surface area contributed by atoms with E-state index in [1.165, 1.54) is 12.2 Å². The molecule has 16 heavy (non-hydrogen) atoms. The fourth-order valence-electron chi connectivity index (χ4n) is 1.79. The number of hydrogen-bond donors (Lipinski definition) is 1. The molecule has 0 saturated carbocycles. The fourth-order valence-corrected chi connectivity index (χ4v) is 3.23. The second kappa shape index (κ2) is 5.25. The molecule has 1 aliphatic rings. The maximum absolute atomic E-state index is 9.12. The number of nitrogens with zero attached hydrogens (tertiary/aromatic N) is 2. The first-order valence-electron chi connectivity index (χ1n) is 5.29. The Morgan fingerprint density at radius 3 is 3.06 bits per heavy atom. The summed E-state index contributed by atoms with van der Waals surface area (Å²) >= 11 is 7.89. The summed E-state index contributed by atoms with van der Waals surface area (Å²) in [5.74, 6) is 3.26. The first-order valence-corrected chi connectivity index (χ1v) is 6.82. The van der Waals surface area contributed by atoms with Gasteiger partial charge in [-0.05, 0) is 24.3 Å². The van der Waals surface area contributed by atoms with Gasteiger partial charge in [-0.25, -0.2) is 4.98 Å². The molecule has 5 heteroatoms. The highest BCUT2D eigenvalue weighted by atomic mass is 35.5. The summed E-state index contributed by atoms with van der Waals surface area (Å²) in [6, 6.07) is 4.25.